The maximum Gasteiger partial charge on any atom is 0.241 e. The van der Waals surface area contributed by atoms with Crippen molar-refractivity contribution in [3.8, 4) is 17.2 Å². The highest BCUT2D eigenvalue weighted by Gasteiger charge is 2.18. The number of rotatable bonds is 10. The number of hydrogen-bond acceptors (Lipinski definition) is 7. The number of ether oxygens (including phenoxy) is 3. The molecule has 1 unspecified atom stereocenters. The van der Waals surface area contributed by atoms with Gasteiger partial charge in [0.2, 0.25) is 10.0 Å². The van der Waals surface area contributed by atoms with Gasteiger partial charge in [0.1, 0.15) is 17.3 Å². The zero-order valence-corrected chi connectivity index (χ0v) is 16.0. The van der Waals surface area contributed by atoms with Gasteiger partial charge >= 0.3 is 0 Å². The maximum atomic E-state index is 11.5. The van der Waals surface area contributed by atoms with Crippen molar-refractivity contribution in [2.75, 3.05) is 33.9 Å². The molecule has 0 saturated carbocycles. The van der Waals surface area contributed by atoms with E-state index in [0.717, 1.165) is 0 Å². The maximum absolute atomic E-state index is 11.5. The molecular weight excluding hydrogens is 372 g/mol. The zero-order valence-electron chi connectivity index (χ0n) is 15.2. The van der Waals surface area contributed by atoms with Crippen LogP contribution in [-0.2, 0) is 14.8 Å². The number of aromatic hydroxyl groups is 1. The normalized spacial score (nSPS) is 12.6. The lowest BCUT2D eigenvalue weighted by molar-refractivity contribution is 0.101. The summed E-state index contributed by atoms with van der Waals surface area (Å²) in [6, 6.07) is 11.5. The molecular formula is C18H24N2O6S. The second-order valence-corrected chi connectivity index (χ2v) is 7.23. The average molecular weight is 396 g/mol. The predicted molar refractivity (Wildman–Crippen MR) is 101 cm³/mol. The molecule has 2 aromatic rings. The summed E-state index contributed by atoms with van der Waals surface area (Å²) >= 11 is 0. The van der Waals surface area contributed by atoms with Gasteiger partial charge in [-0.05, 0) is 29.8 Å². The molecule has 0 heterocycles. The number of para-hydroxylation sites is 2. The number of benzene rings is 2. The van der Waals surface area contributed by atoms with Crippen LogP contribution in [0.2, 0.25) is 0 Å². The number of primary sulfonamides is 1. The second kappa shape index (κ2) is 9.56. The van der Waals surface area contributed by atoms with E-state index in [-0.39, 0.29) is 4.90 Å². The van der Waals surface area contributed by atoms with E-state index in [4.69, 9.17) is 19.3 Å². The third-order valence-corrected chi connectivity index (χ3v) is 4.82. The monoisotopic (exact) mass is 396 g/mol. The van der Waals surface area contributed by atoms with Crippen LogP contribution in [0.25, 0.3) is 0 Å². The zero-order chi connectivity index (χ0) is 19.9. The minimum atomic E-state index is -4.02. The van der Waals surface area contributed by atoms with E-state index >= 15 is 0 Å². The van der Waals surface area contributed by atoms with Gasteiger partial charge in [-0.2, -0.15) is 0 Å². The van der Waals surface area contributed by atoms with E-state index in [0.29, 0.717) is 36.8 Å². The molecule has 148 valence electrons. The van der Waals surface area contributed by atoms with E-state index < -0.39 is 21.9 Å². The minimum absolute atomic E-state index is 0.332. The highest BCUT2D eigenvalue weighted by molar-refractivity contribution is 7.89. The largest absolute Gasteiger partial charge is 0.507 e. The van der Waals surface area contributed by atoms with Crippen molar-refractivity contribution in [3.05, 3.63) is 48.0 Å². The Bertz CT molecular complexity index is 857. The quantitative estimate of drug-likeness (QED) is 0.519. The van der Waals surface area contributed by atoms with Gasteiger partial charge in [-0.3, -0.25) is 0 Å². The topological polar surface area (TPSA) is 120 Å². The highest BCUT2D eigenvalue weighted by atomic mass is 32.2. The minimum Gasteiger partial charge on any atom is -0.507 e. The fourth-order valence-electron chi connectivity index (χ4n) is 2.50. The van der Waals surface area contributed by atoms with Gasteiger partial charge in [-0.25, -0.2) is 13.6 Å². The molecule has 0 aliphatic carbocycles. The van der Waals surface area contributed by atoms with E-state index in [1.807, 2.05) is 24.3 Å². The van der Waals surface area contributed by atoms with Gasteiger partial charge < -0.3 is 24.6 Å². The first-order chi connectivity index (χ1) is 12.9. The number of phenolic OH excluding ortho intramolecular Hbond substituents is 1. The van der Waals surface area contributed by atoms with Gasteiger partial charge in [-0.1, -0.05) is 18.2 Å². The number of methoxy groups -OCH3 is 2. The molecule has 0 spiro atoms. The lowest BCUT2D eigenvalue weighted by Crippen LogP contribution is -2.27. The standard InChI is InChI=1S/C18H24N2O6S/c1-24-15-5-3-4-6-16(15)26-10-9-20-12-17(25-2)13-7-8-14(21)18(11-13)27(19,22)23/h3-8,11,17,20-21H,9-10,12H2,1-2H3,(H2,19,22,23). The Hall–Kier alpha value is -2.33. The van der Waals surface area contributed by atoms with Gasteiger partial charge in [0.15, 0.2) is 11.5 Å². The lowest BCUT2D eigenvalue weighted by Gasteiger charge is -2.18. The molecule has 0 fully saturated rings. The Labute approximate surface area is 158 Å². The summed E-state index contributed by atoms with van der Waals surface area (Å²) in [7, 11) is -0.926. The summed E-state index contributed by atoms with van der Waals surface area (Å²) in [6.07, 6.45) is -0.419. The lowest BCUT2D eigenvalue weighted by atomic mass is 10.1. The van der Waals surface area contributed by atoms with Crippen LogP contribution in [-0.4, -0.2) is 47.4 Å². The van der Waals surface area contributed by atoms with Crippen LogP contribution in [0.5, 0.6) is 17.2 Å². The Morgan fingerprint density at radius 2 is 1.85 bits per heavy atom. The van der Waals surface area contributed by atoms with Gasteiger partial charge in [-0.15, -0.1) is 0 Å². The molecule has 2 rings (SSSR count). The number of nitrogens with one attached hydrogen (secondary N) is 1. The SMILES string of the molecule is COc1ccccc1OCCNCC(OC)c1ccc(O)c(S(N)(=O)=O)c1. The van der Waals surface area contributed by atoms with Crippen molar-refractivity contribution in [1.82, 2.24) is 5.32 Å². The number of phenols is 1. The summed E-state index contributed by atoms with van der Waals surface area (Å²) < 4.78 is 39.4. The fraction of sp³-hybridized carbons (Fsp3) is 0.333. The van der Waals surface area contributed by atoms with E-state index in [9.17, 15) is 13.5 Å². The van der Waals surface area contributed by atoms with E-state index in [1.54, 1.807) is 13.2 Å². The molecule has 4 N–H and O–H groups in total. The van der Waals surface area contributed by atoms with Crippen molar-refractivity contribution in [2.45, 2.75) is 11.0 Å². The van der Waals surface area contributed by atoms with Gasteiger partial charge in [0, 0.05) is 20.2 Å². The van der Waals surface area contributed by atoms with Crippen LogP contribution in [0.15, 0.2) is 47.4 Å². The average Bonchev–Trinajstić information content (AvgIpc) is 2.64. The van der Waals surface area contributed by atoms with Crippen LogP contribution in [0, 0.1) is 0 Å². The molecule has 8 nitrogen and oxygen atoms in total. The molecule has 2 aromatic carbocycles. The number of sulfonamides is 1. The first kappa shape index (κ1) is 21.0. The molecule has 0 aliphatic rings. The third-order valence-electron chi connectivity index (χ3n) is 3.88. The third kappa shape index (κ3) is 5.83. The van der Waals surface area contributed by atoms with Crippen molar-refractivity contribution < 1.29 is 27.7 Å². The van der Waals surface area contributed by atoms with Crippen molar-refractivity contribution in [1.29, 1.82) is 0 Å². The van der Waals surface area contributed by atoms with Crippen molar-refractivity contribution in [3.63, 3.8) is 0 Å². The van der Waals surface area contributed by atoms with Crippen LogP contribution in [0.1, 0.15) is 11.7 Å². The fourth-order valence-corrected chi connectivity index (χ4v) is 3.16. The molecule has 0 bridgehead atoms. The number of hydrogen-bond donors (Lipinski definition) is 3. The summed E-state index contributed by atoms with van der Waals surface area (Å²) in [5.74, 6) is 0.919. The van der Waals surface area contributed by atoms with Gasteiger partial charge in [0.05, 0.1) is 13.2 Å². The number of nitrogens with two attached hydrogens (primary N) is 1. The van der Waals surface area contributed by atoms with Gasteiger partial charge in [0.25, 0.3) is 0 Å². The Morgan fingerprint density at radius 3 is 2.48 bits per heavy atom. The highest BCUT2D eigenvalue weighted by Crippen LogP contribution is 2.27. The second-order valence-electron chi connectivity index (χ2n) is 5.70. The Kier molecular flexibility index (Phi) is 7.43. The molecule has 9 heteroatoms. The predicted octanol–water partition coefficient (Wildman–Crippen LogP) is 1.40. The molecule has 0 radical (unpaired) electrons. The molecule has 0 aromatic heterocycles. The smallest absolute Gasteiger partial charge is 0.241 e. The summed E-state index contributed by atoms with van der Waals surface area (Å²) in [6.45, 7) is 1.37. The first-order valence-corrected chi connectivity index (χ1v) is 9.76. The van der Waals surface area contributed by atoms with Crippen LogP contribution in [0.3, 0.4) is 0 Å². The molecule has 0 saturated heterocycles. The van der Waals surface area contributed by atoms with Crippen LogP contribution >= 0.6 is 0 Å². The molecule has 0 aliphatic heterocycles. The van der Waals surface area contributed by atoms with E-state index in [2.05, 4.69) is 5.32 Å². The van der Waals surface area contributed by atoms with Crippen LogP contribution < -0.4 is 19.9 Å². The molecule has 0 amide bonds. The summed E-state index contributed by atoms with van der Waals surface area (Å²) in [5, 5.41) is 18.0. The van der Waals surface area contributed by atoms with Crippen molar-refractivity contribution >= 4 is 10.0 Å². The summed E-state index contributed by atoms with van der Waals surface area (Å²) in [4.78, 5) is -0.332. The summed E-state index contributed by atoms with van der Waals surface area (Å²) in [5.41, 5.74) is 0.581. The Morgan fingerprint density at radius 1 is 1.15 bits per heavy atom. The van der Waals surface area contributed by atoms with Crippen molar-refractivity contribution in [2.24, 2.45) is 5.14 Å². The van der Waals surface area contributed by atoms with Crippen LogP contribution in [0.4, 0.5) is 0 Å². The first-order valence-electron chi connectivity index (χ1n) is 8.22. The molecule has 27 heavy (non-hydrogen) atoms. The van der Waals surface area contributed by atoms with E-state index in [1.165, 1.54) is 19.2 Å². The molecule has 1 atom stereocenters. The Balaban J connectivity index is 1.91.